The Bertz CT molecular complexity index is 2590. The molecule has 12 heteroatoms. The number of methoxy groups -OCH3 is 1. The minimum Gasteiger partial charge on any atom is -0.453 e. The third-order valence-corrected chi connectivity index (χ3v) is 13.3. The topological polar surface area (TPSA) is 146 Å². The number of hydrogen-bond donors (Lipinski definition) is 3. The van der Waals surface area contributed by atoms with Crippen LogP contribution in [0.4, 0.5) is 4.79 Å². The lowest BCUT2D eigenvalue weighted by Crippen LogP contribution is -2.53. The molecule has 0 bridgehead atoms. The molecule has 3 saturated heterocycles. The average Bonchev–Trinajstić information content (AvgIpc) is 4.15. The molecule has 3 amide bonds. The Morgan fingerprint density at radius 2 is 1.51 bits per heavy atom. The highest BCUT2D eigenvalue weighted by Crippen LogP contribution is 2.40. The maximum absolute atomic E-state index is 14.1. The van der Waals surface area contributed by atoms with Crippen LogP contribution in [0, 0.1) is 5.92 Å². The molecule has 10 rings (SSSR count). The molecular formula is C49H51N7O5. The Morgan fingerprint density at radius 3 is 2.30 bits per heavy atom. The molecule has 4 aromatic carbocycles. The van der Waals surface area contributed by atoms with Gasteiger partial charge in [0.1, 0.15) is 17.7 Å². The van der Waals surface area contributed by atoms with Gasteiger partial charge in [0.2, 0.25) is 11.8 Å². The van der Waals surface area contributed by atoms with Gasteiger partial charge < -0.3 is 34.6 Å². The predicted octanol–water partition coefficient (Wildman–Crippen LogP) is 8.11. The molecule has 0 unspecified atom stereocenters. The second-order valence-electron chi connectivity index (χ2n) is 16.9. The van der Waals surface area contributed by atoms with Gasteiger partial charge in [0.05, 0.1) is 48.9 Å². The van der Waals surface area contributed by atoms with Crippen LogP contribution in [0.2, 0.25) is 0 Å². The lowest BCUT2D eigenvalue weighted by atomic mass is 9.89. The lowest BCUT2D eigenvalue weighted by Gasteiger charge is -2.34. The van der Waals surface area contributed by atoms with Crippen LogP contribution in [0.1, 0.15) is 79.1 Å². The van der Waals surface area contributed by atoms with Crippen LogP contribution in [0.25, 0.3) is 44.4 Å². The number of nitrogens with zero attached hydrogens (tertiary/aromatic N) is 4. The van der Waals surface area contributed by atoms with E-state index in [0.29, 0.717) is 39.0 Å². The normalized spacial score (nSPS) is 19.4. The summed E-state index contributed by atoms with van der Waals surface area (Å²) in [6, 6.07) is 28.9. The smallest absolute Gasteiger partial charge is 0.407 e. The zero-order valence-electron chi connectivity index (χ0n) is 34.5. The van der Waals surface area contributed by atoms with E-state index in [0.717, 1.165) is 107 Å². The SMILES string of the molecule is COC(=O)N[C@H](C(=O)N1CCC[C@H]1c1nc2c([nH]1)-c1ccc(-c3ccc4cc(-c5cnc([C@@H]6CCCN6C(=O)Cc6ccccc6)[nH]5)ccc4c3)cc1CC2)C1CCOCC1. The van der Waals surface area contributed by atoms with Crippen molar-refractivity contribution in [3.8, 4) is 33.6 Å². The molecule has 3 fully saturated rings. The second-order valence-corrected chi connectivity index (χ2v) is 16.9. The molecular weight excluding hydrogens is 767 g/mol. The Morgan fingerprint density at radius 1 is 0.803 bits per heavy atom. The molecule has 3 atom stereocenters. The number of imidazole rings is 2. The summed E-state index contributed by atoms with van der Waals surface area (Å²) >= 11 is 0. The van der Waals surface area contributed by atoms with Gasteiger partial charge in [-0.05, 0) is 102 Å². The second kappa shape index (κ2) is 16.6. The van der Waals surface area contributed by atoms with Crippen LogP contribution >= 0.6 is 0 Å². The molecule has 61 heavy (non-hydrogen) atoms. The van der Waals surface area contributed by atoms with Crippen molar-refractivity contribution in [3.05, 3.63) is 120 Å². The number of benzene rings is 4. The fourth-order valence-electron chi connectivity index (χ4n) is 10.0. The molecule has 5 heterocycles. The number of fused-ring (bicyclic) bond motifs is 4. The maximum atomic E-state index is 14.1. The van der Waals surface area contributed by atoms with Gasteiger partial charge in [-0.25, -0.2) is 14.8 Å². The minimum atomic E-state index is -0.666. The van der Waals surface area contributed by atoms with Crippen molar-refractivity contribution in [1.82, 2.24) is 35.1 Å². The number of carbonyl (C=O) groups excluding carboxylic acids is 3. The van der Waals surface area contributed by atoms with Crippen molar-refractivity contribution in [1.29, 1.82) is 0 Å². The summed E-state index contributed by atoms with van der Waals surface area (Å²) in [4.78, 5) is 60.7. The molecule has 12 nitrogen and oxygen atoms in total. The van der Waals surface area contributed by atoms with Gasteiger partial charge in [-0.15, -0.1) is 0 Å². The number of carbonyl (C=O) groups is 3. The van der Waals surface area contributed by atoms with E-state index in [4.69, 9.17) is 19.4 Å². The summed E-state index contributed by atoms with van der Waals surface area (Å²) in [5.74, 6) is 1.70. The van der Waals surface area contributed by atoms with Crippen LogP contribution in [0.3, 0.4) is 0 Å². The minimum absolute atomic E-state index is 0.0119. The van der Waals surface area contributed by atoms with E-state index in [-0.39, 0.29) is 29.8 Å². The van der Waals surface area contributed by atoms with Crippen molar-refractivity contribution in [2.75, 3.05) is 33.4 Å². The van der Waals surface area contributed by atoms with E-state index in [9.17, 15) is 14.4 Å². The van der Waals surface area contributed by atoms with Crippen LogP contribution in [0.15, 0.2) is 91.1 Å². The van der Waals surface area contributed by atoms with Crippen molar-refractivity contribution >= 4 is 28.7 Å². The fraction of sp³-hybridized carbons (Fsp3) is 0.367. The number of likely N-dealkylation sites (tertiary alicyclic amines) is 2. The first-order valence-electron chi connectivity index (χ1n) is 21.8. The number of hydrogen-bond acceptors (Lipinski definition) is 7. The molecule has 0 spiro atoms. The van der Waals surface area contributed by atoms with E-state index in [1.165, 1.54) is 18.2 Å². The molecule has 0 saturated carbocycles. The highest BCUT2D eigenvalue weighted by Gasteiger charge is 2.41. The zero-order valence-corrected chi connectivity index (χ0v) is 34.5. The molecule has 4 aliphatic rings. The number of ether oxygens (including phenoxy) is 2. The van der Waals surface area contributed by atoms with Crippen LogP contribution in [-0.4, -0.2) is 87.1 Å². The molecule has 3 aliphatic heterocycles. The molecule has 3 N–H and O–H groups in total. The predicted molar refractivity (Wildman–Crippen MR) is 232 cm³/mol. The third-order valence-electron chi connectivity index (χ3n) is 13.3. The van der Waals surface area contributed by atoms with Gasteiger partial charge >= 0.3 is 6.09 Å². The van der Waals surface area contributed by atoms with Crippen LogP contribution in [-0.2, 0) is 38.3 Å². The summed E-state index contributed by atoms with van der Waals surface area (Å²) in [6.45, 7) is 2.52. The van der Waals surface area contributed by atoms with Crippen LogP contribution in [0.5, 0.6) is 0 Å². The summed E-state index contributed by atoms with van der Waals surface area (Å²) in [5.41, 5.74) is 9.85. The van der Waals surface area contributed by atoms with Crippen molar-refractivity contribution in [2.45, 2.75) is 75.9 Å². The van der Waals surface area contributed by atoms with E-state index in [2.05, 4.69) is 69.9 Å². The maximum Gasteiger partial charge on any atom is 0.407 e. The quantitative estimate of drug-likeness (QED) is 0.134. The van der Waals surface area contributed by atoms with Gasteiger partial charge in [-0.2, -0.15) is 0 Å². The first-order chi connectivity index (χ1) is 29.9. The Labute approximate surface area is 355 Å². The highest BCUT2D eigenvalue weighted by molar-refractivity contribution is 5.91. The monoisotopic (exact) mass is 817 g/mol. The van der Waals surface area contributed by atoms with Gasteiger partial charge in [0.25, 0.3) is 0 Å². The largest absolute Gasteiger partial charge is 0.453 e. The van der Waals surface area contributed by atoms with Crippen molar-refractivity contribution < 1.29 is 23.9 Å². The van der Waals surface area contributed by atoms with Crippen molar-refractivity contribution in [3.63, 3.8) is 0 Å². The number of aryl methyl sites for hydroxylation is 2. The Hall–Kier alpha value is -6.27. The van der Waals surface area contributed by atoms with Gasteiger partial charge in [-0.1, -0.05) is 72.8 Å². The fourth-order valence-corrected chi connectivity index (χ4v) is 10.0. The van der Waals surface area contributed by atoms with E-state index >= 15 is 0 Å². The number of alkyl carbamates (subject to hydrolysis) is 1. The highest BCUT2D eigenvalue weighted by atomic mass is 16.5. The summed E-state index contributed by atoms with van der Waals surface area (Å²) in [6.07, 6.45) is 8.37. The molecule has 2 aromatic heterocycles. The van der Waals surface area contributed by atoms with Crippen molar-refractivity contribution in [2.24, 2.45) is 5.92 Å². The van der Waals surface area contributed by atoms with Gasteiger partial charge in [0, 0.05) is 37.4 Å². The Kier molecular flexibility index (Phi) is 10.6. The first-order valence-corrected chi connectivity index (χ1v) is 21.8. The van der Waals surface area contributed by atoms with E-state index < -0.39 is 12.1 Å². The standard InChI is InChI=1S/C49H51N7O5/c1-60-49(59)54-44(31-19-23-61-24-20-31)48(58)56-22-6-10-42(56)47-51-39-18-16-36-27-35(15-17-38(36)45(39)53-47)32-11-12-34-28-37(14-13-33(34)26-32)40-29-50-46(52-40)41-9-5-21-55(41)43(57)25-30-7-3-2-4-8-30/h2-4,7-8,11-15,17,26-29,31,41-42,44H,5-6,9-10,16,18-25H2,1H3,(H,50,52)(H,51,53)(H,54,59)/t41-,42-,44-/m0/s1. The van der Waals surface area contributed by atoms with Gasteiger partial charge in [-0.3, -0.25) is 9.59 Å². The molecule has 312 valence electrons. The number of amides is 3. The zero-order chi connectivity index (χ0) is 41.5. The molecule has 0 radical (unpaired) electrons. The third kappa shape index (κ3) is 7.69. The van der Waals surface area contributed by atoms with E-state index in [1.54, 1.807) is 0 Å². The lowest BCUT2D eigenvalue weighted by molar-refractivity contribution is -0.137. The summed E-state index contributed by atoms with van der Waals surface area (Å²) in [7, 11) is 1.33. The first kappa shape index (κ1) is 38.9. The average molecular weight is 818 g/mol. The summed E-state index contributed by atoms with van der Waals surface area (Å²) in [5, 5.41) is 5.15. The number of H-pyrrole nitrogens is 2. The Balaban J connectivity index is 0.842. The molecule has 6 aromatic rings. The molecule has 1 aliphatic carbocycles. The summed E-state index contributed by atoms with van der Waals surface area (Å²) < 4.78 is 10.5. The number of aromatic nitrogens is 4. The number of aromatic amines is 2. The van der Waals surface area contributed by atoms with Gasteiger partial charge in [0.15, 0.2) is 0 Å². The van der Waals surface area contributed by atoms with E-state index in [1.807, 2.05) is 46.3 Å². The van der Waals surface area contributed by atoms with Crippen LogP contribution < -0.4 is 5.32 Å². The number of rotatable bonds is 9. The number of nitrogens with one attached hydrogen (secondary N) is 3.